The average molecular weight is 229 g/mol. The molecule has 2 heterocycles. The van der Waals surface area contributed by atoms with Crippen LogP contribution in [0.5, 0.6) is 0 Å². The number of halogens is 1. The van der Waals surface area contributed by atoms with Gasteiger partial charge in [-0.1, -0.05) is 22.9 Å². The van der Waals surface area contributed by atoms with Gasteiger partial charge in [0, 0.05) is 6.20 Å². The number of H-pyrrole nitrogens is 1. The molecule has 6 heteroatoms. The van der Waals surface area contributed by atoms with Crippen molar-refractivity contribution in [3.63, 3.8) is 0 Å². The molecule has 2 N–H and O–H groups in total. The summed E-state index contributed by atoms with van der Waals surface area (Å²) in [6.07, 6.45) is 3.36. The van der Waals surface area contributed by atoms with Crippen molar-refractivity contribution in [3.8, 4) is 0 Å². The highest BCUT2D eigenvalue weighted by atomic mass is 35.5. The zero-order chi connectivity index (χ0) is 9.97. The molecule has 0 aliphatic rings. The topological polar surface area (TPSA) is 53.6 Å². The largest absolute Gasteiger partial charge is 0.353 e. The number of hydrogen-bond donors (Lipinski definition) is 2. The molecule has 0 aromatic carbocycles. The molecule has 0 bridgehead atoms. The lowest BCUT2D eigenvalue weighted by Crippen LogP contribution is -2.06. The normalized spacial score (nSPS) is 12.7. The first-order valence-corrected chi connectivity index (χ1v) is 5.32. The Kier molecular flexibility index (Phi) is 2.69. The molecule has 0 spiro atoms. The van der Waals surface area contributed by atoms with Gasteiger partial charge >= 0.3 is 0 Å². The molecule has 0 radical (unpaired) electrons. The summed E-state index contributed by atoms with van der Waals surface area (Å²) in [5.41, 5.74) is 1.02. The lowest BCUT2D eigenvalue weighted by molar-refractivity contribution is 0.824. The second-order valence-corrected chi connectivity index (χ2v) is 4.51. The summed E-state index contributed by atoms with van der Waals surface area (Å²) in [7, 11) is 0. The third-order valence-corrected chi connectivity index (χ3v) is 2.85. The second kappa shape index (κ2) is 3.98. The van der Waals surface area contributed by atoms with Gasteiger partial charge in [-0.2, -0.15) is 5.10 Å². The van der Waals surface area contributed by atoms with E-state index >= 15 is 0 Å². The standard InChI is InChI=1S/C8H9ClN4S/c1-5(6-2-3-11-13-6)12-8-10-4-7(9)14-8/h2-5H,1H3,(H,10,12)(H,11,13). The third kappa shape index (κ3) is 2.05. The molecule has 4 nitrogen and oxygen atoms in total. The molecular weight excluding hydrogens is 220 g/mol. The Morgan fingerprint density at radius 2 is 2.50 bits per heavy atom. The van der Waals surface area contributed by atoms with Crippen molar-refractivity contribution in [2.75, 3.05) is 5.32 Å². The Morgan fingerprint density at radius 1 is 1.64 bits per heavy atom. The van der Waals surface area contributed by atoms with Crippen molar-refractivity contribution in [3.05, 3.63) is 28.5 Å². The molecule has 1 atom stereocenters. The number of aromatic nitrogens is 3. The minimum Gasteiger partial charge on any atom is -0.353 e. The number of nitrogens with zero attached hydrogens (tertiary/aromatic N) is 2. The Labute approximate surface area is 90.3 Å². The summed E-state index contributed by atoms with van der Waals surface area (Å²) in [6, 6.07) is 2.08. The molecule has 2 rings (SSSR count). The first-order chi connectivity index (χ1) is 6.75. The van der Waals surface area contributed by atoms with Crippen LogP contribution in [-0.2, 0) is 0 Å². The van der Waals surface area contributed by atoms with Crippen LogP contribution in [0, 0.1) is 0 Å². The van der Waals surface area contributed by atoms with Crippen molar-refractivity contribution in [1.29, 1.82) is 0 Å². The fourth-order valence-electron chi connectivity index (χ4n) is 1.09. The van der Waals surface area contributed by atoms with Gasteiger partial charge in [0.1, 0.15) is 4.34 Å². The summed E-state index contributed by atoms with van der Waals surface area (Å²) < 4.78 is 0.685. The lowest BCUT2D eigenvalue weighted by Gasteiger charge is -2.09. The van der Waals surface area contributed by atoms with Gasteiger partial charge in [0.2, 0.25) is 0 Å². The fraction of sp³-hybridized carbons (Fsp3) is 0.250. The number of hydrogen-bond acceptors (Lipinski definition) is 4. The number of aromatic amines is 1. The van der Waals surface area contributed by atoms with Gasteiger partial charge < -0.3 is 5.32 Å². The van der Waals surface area contributed by atoms with Gasteiger partial charge in [-0.25, -0.2) is 4.98 Å². The number of thiazole rings is 1. The highest BCUT2D eigenvalue weighted by molar-refractivity contribution is 7.19. The molecule has 1 unspecified atom stereocenters. The van der Waals surface area contributed by atoms with E-state index in [0.29, 0.717) is 4.34 Å². The third-order valence-electron chi connectivity index (χ3n) is 1.81. The van der Waals surface area contributed by atoms with Crippen molar-refractivity contribution < 1.29 is 0 Å². The number of nitrogens with one attached hydrogen (secondary N) is 2. The lowest BCUT2D eigenvalue weighted by atomic mass is 10.2. The smallest absolute Gasteiger partial charge is 0.184 e. The van der Waals surface area contributed by atoms with Crippen molar-refractivity contribution in [2.24, 2.45) is 0 Å². The summed E-state index contributed by atoms with van der Waals surface area (Å²) in [5, 5.41) is 10.8. The molecule has 74 valence electrons. The average Bonchev–Trinajstić information content (AvgIpc) is 2.75. The monoisotopic (exact) mass is 228 g/mol. The molecular formula is C8H9ClN4S. The van der Waals surface area contributed by atoms with E-state index in [1.807, 2.05) is 13.0 Å². The van der Waals surface area contributed by atoms with Gasteiger partial charge in [-0.05, 0) is 13.0 Å². The molecule has 0 saturated carbocycles. The zero-order valence-electron chi connectivity index (χ0n) is 7.49. The maximum Gasteiger partial charge on any atom is 0.184 e. The molecule has 2 aromatic rings. The summed E-state index contributed by atoms with van der Waals surface area (Å²) in [4.78, 5) is 4.11. The fourth-order valence-corrected chi connectivity index (χ4v) is 1.99. The van der Waals surface area contributed by atoms with Crippen LogP contribution < -0.4 is 5.32 Å². The number of rotatable bonds is 3. The Morgan fingerprint density at radius 3 is 3.07 bits per heavy atom. The van der Waals surface area contributed by atoms with Crippen molar-refractivity contribution in [2.45, 2.75) is 13.0 Å². The molecule has 0 fully saturated rings. The van der Waals surface area contributed by atoms with Crippen LogP contribution in [0.1, 0.15) is 18.7 Å². The van der Waals surface area contributed by atoms with Gasteiger partial charge in [-0.15, -0.1) is 0 Å². The maximum absolute atomic E-state index is 5.76. The second-order valence-electron chi connectivity index (χ2n) is 2.85. The van der Waals surface area contributed by atoms with E-state index in [-0.39, 0.29) is 6.04 Å². The van der Waals surface area contributed by atoms with Crippen LogP contribution in [0.25, 0.3) is 0 Å². The molecule has 0 aliphatic heterocycles. The SMILES string of the molecule is CC(Nc1ncc(Cl)s1)c1ccn[nH]1. The minimum atomic E-state index is 0.153. The summed E-state index contributed by atoms with van der Waals surface area (Å²) >= 11 is 7.19. The van der Waals surface area contributed by atoms with Gasteiger partial charge in [0.15, 0.2) is 5.13 Å². The van der Waals surface area contributed by atoms with Gasteiger partial charge in [-0.3, -0.25) is 5.10 Å². The van der Waals surface area contributed by atoms with Crippen LogP contribution in [0.15, 0.2) is 18.5 Å². The van der Waals surface area contributed by atoms with Crippen molar-refractivity contribution >= 4 is 28.1 Å². The first-order valence-electron chi connectivity index (χ1n) is 4.13. The highest BCUT2D eigenvalue weighted by Gasteiger charge is 2.08. The molecule has 0 saturated heterocycles. The van der Waals surface area contributed by atoms with E-state index in [9.17, 15) is 0 Å². The zero-order valence-corrected chi connectivity index (χ0v) is 9.06. The highest BCUT2D eigenvalue weighted by Crippen LogP contribution is 2.25. The van der Waals surface area contributed by atoms with E-state index in [4.69, 9.17) is 11.6 Å². The van der Waals surface area contributed by atoms with Crippen LogP contribution in [-0.4, -0.2) is 15.2 Å². The van der Waals surface area contributed by atoms with Gasteiger partial charge in [0.05, 0.1) is 17.9 Å². The molecule has 0 amide bonds. The summed E-state index contributed by atoms with van der Waals surface area (Å²) in [5.74, 6) is 0. The van der Waals surface area contributed by atoms with Crippen LogP contribution in [0.2, 0.25) is 4.34 Å². The van der Waals surface area contributed by atoms with Crippen molar-refractivity contribution in [1.82, 2.24) is 15.2 Å². The van der Waals surface area contributed by atoms with E-state index in [2.05, 4.69) is 20.5 Å². The maximum atomic E-state index is 5.76. The number of anilines is 1. The first kappa shape index (κ1) is 9.48. The van der Waals surface area contributed by atoms with E-state index in [0.717, 1.165) is 10.8 Å². The Bertz CT molecular complexity index is 397. The van der Waals surface area contributed by atoms with E-state index < -0.39 is 0 Å². The molecule has 14 heavy (non-hydrogen) atoms. The van der Waals surface area contributed by atoms with E-state index in [1.165, 1.54) is 11.3 Å². The van der Waals surface area contributed by atoms with E-state index in [1.54, 1.807) is 12.4 Å². The Hall–Kier alpha value is -1.07. The predicted molar refractivity (Wildman–Crippen MR) is 57.7 cm³/mol. The predicted octanol–water partition coefficient (Wildman–Crippen LogP) is 2.69. The van der Waals surface area contributed by atoms with Crippen LogP contribution >= 0.6 is 22.9 Å². The summed E-state index contributed by atoms with van der Waals surface area (Å²) in [6.45, 7) is 2.03. The van der Waals surface area contributed by atoms with Gasteiger partial charge in [0.25, 0.3) is 0 Å². The Balaban J connectivity index is 2.05. The van der Waals surface area contributed by atoms with Crippen LogP contribution in [0.4, 0.5) is 5.13 Å². The molecule has 0 aliphatic carbocycles. The quantitative estimate of drug-likeness (QED) is 0.849. The molecule has 2 aromatic heterocycles. The van der Waals surface area contributed by atoms with Crippen LogP contribution in [0.3, 0.4) is 0 Å². The minimum absolute atomic E-state index is 0.153.